The summed E-state index contributed by atoms with van der Waals surface area (Å²) in [5, 5.41) is 5.88. The van der Waals surface area contributed by atoms with Crippen molar-refractivity contribution in [3.8, 4) is 0 Å². The summed E-state index contributed by atoms with van der Waals surface area (Å²) >= 11 is 0. The number of fused-ring (bicyclic) bond motifs is 1. The smallest absolute Gasteiger partial charge is 0.343 e. The van der Waals surface area contributed by atoms with Gasteiger partial charge in [-0.15, -0.1) is 0 Å². The van der Waals surface area contributed by atoms with Crippen LogP contribution in [0, 0.1) is 0 Å². The zero-order chi connectivity index (χ0) is 18.5. The van der Waals surface area contributed by atoms with Crippen LogP contribution in [0.4, 0.5) is 11.4 Å². The fourth-order valence-electron chi connectivity index (χ4n) is 2.52. The number of pyridine rings is 1. The van der Waals surface area contributed by atoms with E-state index in [1.807, 2.05) is 18.2 Å². The molecule has 0 fully saturated rings. The van der Waals surface area contributed by atoms with Crippen LogP contribution >= 0.6 is 0 Å². The Morgan fingerprint density at radius 2 is 1.88 bits per heavy atom. The van der Waals surface area contributed by atoms with E-state index < -0.39 is 5.97 Å². The summed E-state index contributed by atoms with van der Waals surface area (Å²) in [6.07, 6.45) is 3.04. The summed E-state index contributed by atoms with van der Waals surface area (Å²) in [5.74, 6) is -0.806. The van der Waals surface area contributed by atoms with Crippen molar-refractivity contribution >= 4 is 29.1 Å². The predicted molar refractivity (Wildman–Crippen MR) is 98.2 cm³/mol. The number of hydrogen-bond acceptors (Lipinski definition) is 6. The molecule has 1 aromatic heterocycles. The van der Waals surface area contributed by atoms with Crippen molar-refractivity contribution in [1.82, 2.24) is 10.3 Å². The summed E-state index contributed by atoms with van der Waals surface area (Å²) in [7, 11) is 0. The van der Waals surface area contributed by atoms with Crippen molar-refractivity contribution in [3.63, 3.8) is 0 Å². The van der Waals surface area contributed by atoms with Crippen LogP contribution in [0.1, 0.15) is 24.2 Å². The lowest BCUT2D eigenvalue weighted by Crippen LogP contribution is -2.35. The zero-order valence-electron chi connectivity index (χ0n) is 14.4. The SMILES string of the molecule is CCOC(=O)C1=C(C)Nc2ccccc2N=C1NC(=O)c1ccncc1. The highest BCUT2D eigenvalue weighted by atomic mass is 16.5. The predicted octanol–water partition coefficient (Wildman–Crippen LogP) is 2.80. The van der Waals surface area contributed by atoms with Crippen molar-refractivity contribution in [3.05, 3.63) is 65.6 Å². The third-order valence-electron chi connectivity index (χ3n) is 3.72. The summed E-state index contributed by atoms with van der Waals surface area (Å²) < 4.78 is 5.14. The summed E-state index contributed by atoms with van der Waals surface area (Å²) in [6, 6.07) is 10.5. The molecule has 2 N–H and O–H groups in total. The highest BCUT2D eigenvalue weighted by Gasteiger charge is 2.26. The maximum Gasteiger partial charge on any atom is 0.343 e. The number of amides is 1. The topological polar surface area (TPSA) is 92.7 Å². The number of aliphatic imine (C=N–C) groups is 1. The van der Waals surface area contributed by atoms with Gasteiger partial charge in [0.25, 0.3) is 5.91 Å². The molecule has 132 valence electrons. The number of allylic oxidation sites excluding steroid dienone is 1. The number of hydrogen-bond donors (Lipinski definition) is 2. The monoisotopic (exact) mass is 350 g/mol. The van der Waals surface area contributed by atoms with E-state index in [1.165, 1.54) is 12.4 Å². The maximum atomic E-state index is 12.6. The van der Waals surface area contributed by atoms with Gasteiger partial charge in [-0.3, -0.25) is 9.78 Å². The molecule has 1 amide bonds. The van der Waals surface area contributed by atoms with E-state index in [0.717, 1.165) is 5.69 Å². The first-order valence-corrected chi connectivity index (χ1v) is 8.14. The number of esters is 1. The third-order valence-corrected chi connectivity index (χ3v) is 3.72. The van der Waals surface area contributed by atoms with Crippen LogP contribution in [0.5, 0.6) is 0 Å². The Labute approximate surface area is 150 Å². The molecule has 26 heavy (non-hydrogen) atoms. The molecule has 7 nitrogen and oxygen atoms in total. The Morgan fingerprint density at radius 3 is 2.62 bits per heavy atom. The Morgan fingerprint density at radius 1 is 1.15 bits per heavy atom. The Balaban J connectivity index is 2.04. The average molecular weight is 350 g/mol. The molecule has 0 bridgehead atoms. The lowest BCUT2D eigenvalue weighted by atomic mass is 10.1. The summed E-state index contributed by atoms with van der Waals surface area (Å²) in [5.41, 5.74) is 2.48. The van der Waals surface area contributed by atoms with Gasteiger partial charge in [0.1, 0.15) is 11.4 Å². The number of nitrogens with one attached hydrogen (secondary N) is 2. The first kappa shape index (κ1) is 17.3. The first-order valence-electron chi connectivity index (χ1n) is 8.14. The van der Waals surface area contributed by atoms with Gasteiger partial charge in [0.15, 0.2) is 0 Å². The van der Waals surface area contributed by atoms with Gasteiger partial charge in [-0.2, -0.15) is 0 Å². The molecular weight excluding hydrogens is 332 g/mol. The van der Waals surface area contributed by atoms with Gasteiger partial charge in [-0.05, 0) is 38.1 Å². The molecule has 2 aromatic rings. The summed E-state index contributed by atoms with van der Waals surface area (Å²) in [4.78, 5) is 33.4. The largest absolute Gasteiger partial charge is 0.462 e. The van der Waals surface area contributed by atoms with Gasteiger partial charge < -0.3 is 15.4 Å². The standard InChI is InChI=1S/C19H18N4O3/c1-3-26-19(25)16-12(2)21-14-6-4-5-7-15(14)22-17(16)23-18(24)13-8-10-20-11-9-13/h4-11,21H,3H2,1-2H3,(H,22,23,24). The highest BCUT2D eigenvalue weighted by molar-refractivity contribution is 6.25. The fourth-order valence-corrected chi connectivity index (χ4v) is 2.52. The molecule has 0 spiro atoms. The molecule has 0 aliphatic carbocycles. The number of para-hydroxylation sites is 2. The fraction of sp³-hybridized carbons (Fsp3) is 0.158. The van der Waals surface area contributed by atoms with Crippen molar-refractivity contribution in [2.24, 2.45) is 4.99 Å². The van der Waals surface area contributed by atoms with Crippen molar-refractivity contribution < 1.29 is 14.3 Å². The molecule has 3 rings (SSSR count). The number of amidine groups is 1. The number of benzene rings is 1. The molecule has 0 atom stereocenters. The van der Waals surface area contributed by atoms with E-state index in [-0.39, 0.29) is 23.9 Å². The van der Waals surface area contributed by atoms with Crippen LogP contribution in [0.25, 0.3) is 0 Å². The van der Waals surface area contributed by atoms with Gasteiger partial charge >= 0.3 is 5.97 Å². The Bertz CT molecular complexity index is 904. The number of anilines is 1. The highest BCUT2D eigenvalue weighted by Crippen LogP contribution is 2.30. The zero-order valence-corrected chi connectivity index (χ0v) is 14.4. The van der Waals surface area contributed by atoms with Crippen LogP contribution in [0.3, 0.4) is 0 Å². The number of carbonyl (C=O) groups is 2. The molecule has 1 aromatic carbocycles. The molecule has 0 saturated carbocycles. The molecule has 0 radical (unpaired) electrons. The third kappa shape index (κ3) is 3.61. The van der Waals surface area contributed by atoms with E-state index in [2.05, 4.69) is 20.6 Å². The van der Waals surface area contributed by atoms with Crippen molar-refractivity contribution in [2.45, 2.75) is 13.8 Å². The number of carbonyl (C=O) groups excluding carboxylic acids is 2. The molecule has 0 saturated heterocycles. The van der Waals surface area contributed by atoms with Crippen LogP contribution < -0.4 is 10.6 Å². The average Bonchev–Trinajstić information content (AvgIpc) is 2.77. The van der Waals surface area contributed by atoms with E-state index in [1.54, 1.807) is 32.0 Å². The lowest BCUT2D eigenvalue weighted by Gasteiger charge is -2.13. The number of ether oxygens (including phenoxy) is 1. The first-order chi connectivity index (χ1) is 12.6. The molecule has 1 aliphatic rings. The van der Waals surface area contributed by atoms with E-state index in [4.69, 9.17) is 4.74 Å². The molecule has 1 aliphatic heterocycles. The quantitative estimate of drug-likeness (QED) is 0.831. The van der Waals surface area contributed by atoms with E-state index in [9.17, 15) is 9.59 Å². The van der Waals surface area contributed by atoms with Gasteiger partial charge in [-0.25, -0.2) is 9.79 Å². The minimum absolute atomic E-state index is 0.139. The number of rotatable bonds is 3. The van der Waals surface area contributed by atoms with Crippen LogP contribution in [0.15, 0.2) is 65.1 Å². The second-order valence-corrected chi connectivity index (χ2v) is 5.51. The van der Waals surface area contributed by atoms with Crippen LogP contribution in [0.2, 0.25) is 0 Å². The maximum absolute atomic E-state index is 12.6. The lowest BCUT2D eigenvalue weighted by molar-refractivity contribution is -0.137. The van der Waals surface area contributed by atoms with Crippen LogP contribution in [-0.2, 0) is 9.53 Å². The van der Waals surface area contributed by atoms with E-state index >= 15 is 0 Å². The minimum Gasteiger partial charge on any atom is -0.462 e. The second kappa shape index (κ2) is 7.60. The second-order valence-electron chi connectivity index (χ2n) is 5.51. The Kier molecular flexibility index (Phi) is 5.07. The van der Waals surface area contributed by atoms with Crippen molar-refractivity contribution in [2.75, 3.05) is 11.9 Å². The molecule has 0 unspecified atom stereocenters. The molecular formula is C19H18N4O3. The minimum atomic E-state index is -0.556. The van der Waals surface area contributed by atoms with Gasteiger partial charge in [0, 0.05) is 23.7 Å². The normalized spacial score (nSPS) is 13.1. The van der Waals surface area contributed by atoms with Gasteiger partial charge in [-0.1, -0.05) is 12.1 Å². The van der Waals surface area contributed by atoms with Crippen molar-refractivity contribution in [1.29, 1.82) is 0 Å². The Hall–Kier alpha value is -3.48. The molecule has 2 heterocycles. The molecule has 7 heteroatoms. The van der Waals surface area contributed by atoms with E-state index in [0.29, 0.717) is 16.9 Å². The van der Waals surface area contributed by atoms with Crippen LogP contribution in [-0.4, -0.2) is 29.3 Å². The van der Waals surface area contributed by atoms with Gasteiger partial charge in [0.05, 0.1) is 18.0 Å². The number of aromatic nitrogens is 1. The number of nitrogens with zero attached hydrogens (tertiary/aromatic N) is 2. The summed E-state index contributed by atoms with van der Waals surface area (Å²) in [6.45, 7) is 3.68. The van der Waals surface area contributed by atoms with Gasteiger partial charge in [0.2, 0.25) is 0 Å².